The second kappa shape index (κ2) is 3.88. The fourth-order valence-corrected chi connectivity index (χ4v) is 1.65. The number of para-hydroxylation sites is 1. The third-order valence-corrected chi connectivity index (χ3v) is 2.53. The van der Waals surface area contributed by atoms with Gasteiger partial charge in [-0.05, 0) is 26.0 Å². The molecule has 0 bridgehead atoms. The average molecular weight is 193 g/mol. The molecular formula is C11H15NO2. The minimum absolute atomic E-state index is 0.284. The van der Waals surface area contributed by atoms with Crippen LogP contribution in [0, 0.1) is 0 Å². The number of phenols is 1. The van der Waals surface area contributed by atoms with Gasteiger partial charge in [-0.3, -0.25) is 0 Å². The standard InChI is InChI=1S/C11H15NO2/c1-2-14-10-5-3-4-8(11(10)13)9-6-7-12-9/h3-5,9,12-13H,2,6-7H2,1H3. The van der Waals surface area contributed by atoms with Crippen molar-refractivity contribution < 1.29 is 9.84 Å². The summed E-state index contributed by atoms with van der Waals surface area (Å²) in [4.78, 5) is 0. The van der Waals surface area contributed by atoms with Gasteiger partial charge >= 0.3 is 0 Å². The van der Waals surface area contributed by atoms with Gasteiger partial charge in [-0.2, -0.15) is 0 Å². The van der Waals surface area contributed by atoms with Crippen LogP contribution in [0.4, 0.5) is 0 Å². The first-order chi connectivity index (χ1) is 6.83. The number of hydrogen-bond donors (Lipinski definition) is 2. The third kappa shape index (κ3) is 1.55. The van der Waals surface area contributed by atoms with E-state index in [1.807, 2.05) is 19.1 Å². The first-order valence-electron chi connectivity index (χ1n) is 5.01. The molecular weight excluding hydrogens is 178 g/mol. The summed E-state index contributed by atoms with van der Waals surface area (Å²) in [5.74, 6) is 0.866. The van der Waals surface area contributed by atoms with Crippen LogP contribution in [0.25, 0.3) is 0 Å². The molecule has 1 aromatic carbocycles. The average Bonchev–Trinajstić information content (AvgIpc) is 2.09. The van der Waals surface area contributed by atoms with Gasteiger partial charge in [-0.1, -0.05) is 12.1 Å². The van der Waals surface area contributed by atoms with E-state index in [2.05, 4.69) is 5.32 Å². The molecule has 1 unspecified atom stereocenters. The van der Waals surface area contributed by atoms with Crippen LogP contribution in [0.5, 0.6) is 11.5 Å². The van der Waals surface area contributed by atoms with Gasteiger partial charge in [-0.25, -0.2) is 0 Å². The minimum atomic E-state index is 0.284. The zero-order chi connectivity index (χ0) is 9.97. The summed E-state index contributed by atoms with van der Waals surface area (Å²) in [7, 11) is 0. The van der Waals surface area contributed by atoms with Gasteiger partial charge in [0.1, 0.15) is 0 Å². The van der Waals surface area contributed by atoms with Crippen molar-refractivity contribution in [3.05, 3.63) is 23.8 Å². The predicted molar refractivity (Wildman–Crippen MR) is 54.6 cm³/mol. The van der Waals surface area contributed by atoms with E-state index < -0.39 is 0 Å². The molecule has 1 aliphatic heterocycles. The Balaban J connectivity index is 2.26. The van der Waals surface area contributed by atoms with E-state index in [9.17, 15) is 5.11 Å². The predicted octanol–water partition coefficient (Wildman–Crippen LogP) is 1.83. The number of aromatic hydroxyl groups is 1. The fraction of sp³-hybridized carbons (Fsp3) is 0.455. The Morgan fingerprint density at radius 1 is 1.57 bits per heavy atom. The highest BCUT2D eigenvalue weighted by atomic mass is 16.5. The molecule has 0 aromatic heterocycles. The van der Waals surface area contributed by atoms with Crippen molar-refractivity contribution in [1.29, 1.82) is 0 Å². The highest BCUT2D eigenvalue weighted by Gasteiger charge is 2.22. The SMILES string of the molecule is CCOc1cccc(C2CCN2)c1O. The molecule has 14 heavy (non-hydrogen) atoms. The first kappa shape index (κ1) is 9.34. The van der Waals surface area contributed by atoms with E-state index in [0.717, 1.165) is 18.5 Å². The molecule has 0 aliphatic carbocycles. The molecule has 3 heteroatoms. The van der Waals surface area contributed by atoms with Crippen molar-refractivity contribution >= 4 is 0 Å². The van der Waals surface area contributed by atoms with Gasteiger partial charge in [0.15, 0.2) is 11.5 Å². The van der Waals surface area contributed by atoms with Crippen molar-refractivity contribution in [3.63, 3.8) is 0 Å². The maximum Gasteiger partial charge on any atom is 0.162 e. The number of hydrogen-bond acceptors (Lipinski definition) is 3. The Hall–Kier alpha value is -1.22. The van der Waals surface area contributed by atoms with E-state index in [1.54, 1.807) is 6.07 Å². The first-order valence-corrected chi connectivity index (χ1v) is 5.01. The fourth-order valence-electron chi connectivity index (χ4n) is 1.65. The maximum atomic E-state index is 9.89. The highest BCUT2D eigenvalue weighted by molar-refractivity contribution is 5.47. The van der Waals surface area contributed by atoms with E-state index in [-0.39, 0.29) is 5.75 Å². The molecule has 0 amide bonds. The molecule has 0 radical (unpaired) electrons. The second-order valence-electron chi connectivity index (χ2n) is 3.42. The van der Waals surface area contributed by atoms with E-state index in [4.69, 9.17) is 4.74 Å². The van der Waals surface area contributed by atoms with E-state index in [1.165, 1.54) is 0 Å². The number of nitrogens with one attached hydrogen (secondary N) is 1. The normalized spacial score (nSPS) is 20.2. The molecule has 0 spiro atoms. The Labute approximate surface area is 83.7 Å². The lowest BCUT2D eigenvalue weighted by Crippen LogP contribution is -2.34. The summed E-state index contributed by atoms with van der Waals surface area (Å²) in [6.45, 7) is 3.52. The van der Waals surface area contributed by atoms with Gasteiger partial charge < -0.3 is 15.2 Å². The van der Waals surface area contributed by atoms with Crippen LogP contribution in [-0.2, 0) is 0 Å². The molecule has 76 valence electrons. The van der Waals surface area contributed by atoms with Crippen LogP contribution < -0.4 is 10.1 Å². The number of phenolic OH excluding ortho intramolecular Hbond substituents is 1. The van der Waals surface area contributed by atoms with Crippen LogP contribution in [0.15, 0.2) is 18.2 Å². The lowest BCUT2D eigenvalue weighted by Gasteiger charge is -2.28. The largest absolute Gasteiger partial charge is 0.504 e. The van der Waals surface area contributed by atoms with Crippen molar-refractivity contribution in [3.8, 4) is 11.5 Å². The van der Waals surface area contributed by atoms with Crippen molar-refractivity contribution in [2.45, 2.75) is 19.4 Å². The Morgan fingerprint density at radius 3 is 2.93 bits per heavy atom. The third-order valence-electron chi connectivity index (χ3n) is 2.53. The molecule has 3 nitrogen and oxygen atoms in total. The number of benzene rings is 1. The van der Waals surface area contributed by atoms with Crippen molar-refractivity contribution in [2.24, 2.45) is 0 Å². The molecule has 2 N–H and O–H groups in total. The molecule has 1 atom stereocenters. The molecule has 1 aliphatic rings. The zero-order valence-corrected chi connectivity index (χ0v) is 8.29. The monoisotopic (exact) mass is 193 g/mol. The Morgan fingerprint density at radius 2 is 2.36 bits per heavy atom. The summed E-state index contributed by atoms with van der Waals surface area (Å²) in [6, 6.07) is 5.95. The molecule has 1 aromatic rings. The summed E-state index contributed by atoms with van der Waals surface area (Å²) < 4.78 is 5.32. The van der Waals surface area contributed by atoms with Crippen LogP contribution in [0.1, 0.15) is 24.9 Å². The van der Waals surface area contributed by atoms with Gasteiger partial charge in [0.05, 0.1) is 6.61 Å². The Bertz CT molecular complexity index is 321. The molecule has 1 heterocycles. The molecule has 0 saturated carbocycles. The topological polar surface area (TPSA) is 41.5 Å². The molecule has 1 fully saturated rings. The van der Waals surface area contributed by atoms with Crippen LogP contribution in [0.2, 0.25) is 0 Å². The quantitative estimate of drug-likeness (QED) is 0.769. The summed E-state index contributed by atoms with van der Waals surface area (Å²) >= 11 is 0. The van der Waals surface area contributed by atoms with Crippen LogP contribution in [0.3, 0.4) is 0 Å². The summed E-state index contributed by atoms with van der Waals surface area (Å²) in [6.07, 6.45) is 1.09. The lowest BCUT2D eigenvalue weighted by atomic mass is 9.97. The van der Waals surface area contributed by atoms with Gasteiger partial charge in [-0.15, -0.1) is 0 Å². The number of ether oxygens (including phenoxy) is 1. The van der Waals surface area contributed by atoms with Crippen molar-refractivity contribution in [1.82, 2.24) is 5.32 Å². The summed E-state index contributed by atoms with van der Waals surface area (Å²) in [5, 5.41) is 13.1. The van der Waals surface area contributed by atoms with Crippen LogP contribution in [-0.4, -0.2) is 18.3 Å². The van der Waals surface area contributed by atoms with Crippen LogP contribution >= 0.6 is 0 Å². The maximum absolute atomic E-state index is 9.89. The second-order valence-corrected chi connectivity index (χ2v) is 3.42. The van der Waals surface area contributed by atoms with Gasteiger partial charge in [0, 0.05) is 11.6 Å². The smallest absolute Gasteiger partial charge is 0.162 e. The van der Waals surface area contributed by atoms with E-state index in [0.29, 0.717) is 18.4 Å². The molecule has 1 saturated heterocycles. The zero-order valence-electron chi connectivity index (χ0n) is 8.29. The number of rotatable bonds is 3. The minimum Gasteiger partial charge on any atom is -0.504 e. The Kier molecular flexibility index (Phi) is 2.59. The lowest BCUT2D eigenvalue weighted by molar-refractivity contribution is 0.308. The molecule has 2 rings (SSSR count). The van der Waals surface area contributed by atoms with E-state index >= 15 is 0 Å². The van der Waals surface area contributed by atoms with Gasteiger partial charge in [0.25, 0.3) is 0 Å². The van der Waals surface area contributed by atoms with Crippen molar-refractivity contribution in [2.75, 3.05) is 13.2 Å². The highest BCUT2D eigenvalue weighted by Crippen LogP contribution is 2.36. The summed E-state index contributed by atoms with van der Waals surface area (Å²) in [5.41, 5.74) is 0.946. The van der Waals surface area contributed by atoms with Gasteiger partial charge in [0.2, 0.25) is 0 Å².